The number of amides is 1. The minimum atomic E-state index is 0.0481. The summed E-state index contributed by atoms with van der Waals surface area (Å²) >= 11 is 0. The van der Waals surface area contributed by atoms with Gasteiger partial charge >= 0.3 is 0 Å². The first-order chi connectivity index (χ1) is 10.0. The normalized spacial score (nSPS) is 14.9. The van der Waals surface area contributed by atoms with Gasteiger partial charge in [0.25, 0.3) is 0 Å². The first kappa shape index (κ1) is 16.0. The number of hydrogen-bond donors (Lipinski definition) is 0. The Morgan fingerprint density at radius 2 is 2.24 bits per heavy atom. The van der Waals surface area contributed by atoms with E-state index in [1.54, 1.807) is 0 Å². The maximum atomic E-state index is 12.0. The van der Waals surface area contributed by atoms with Gasteiger partial charge in [-0.1, -0.05) is 0 Å². The maximum Gasteiger partial charge on any atom is 0.249 e. The van der Waals surface area contributed by atoms with Gasteiger partial charge in [0.15, 0.2) is 0 Å². The van der Waals surface area contributed by atoms with Crippen LogP contribution in [0.1, 0.15) is 32.3 Å². The van der Waals surface area contributed by atoms with Crippen LogP contribution in [0.3, 0.4) is 0 Å². The largest absolute Gasteiger partial charge is 0.372 e. The summed E-state index contributed by atoms with van der Waals surface area (Å²) in [6.45, 7) is 9.93. The second-order valence-electron chi connectivity index (χ2n) is 5.80. The van der Waals surface area contributed by atoms with Crippen LogP contribution in [-0.4, -0.2) is 58.1 Å². The van der Waals surface area contributed by atoms with Crippen LogP contribution in [0.2, 0.25) is 0 Å². The predicted molar refractivity (Wildman–Crippen MR) is 80.7 cm³/mol. The second kappa shape index (κ2) is 7.04. The molecule has 2 rings (SSSR count). The Bertz CT molecular complexity index is 484. The maximum absolute atomic E-state index is 12.0. The summed E-state index contributed by atoms with van der Waals surface area (Å²) < 4.78 is 7.36. The first-order valence-electron chi connectivity index (χ1n) is 7.62. The number of ether oxygens (including phenoxy) is 1. The lowest BCUT2D eigenvalue weighted by Crippen LogP contribution is -2.40. The molecule has 21 heavy (non-hydrogen) atoms. The number of fused-ring (bicyclic) bond motifs is 1. The Morgan fingerprint density at radius 1 is 1.48 bits per heavy atom. The van der Waals surface area contributed by atoms with Crippen LogP contribution >= 0.6 is 0 Å². The molecule has 0 aromatic carbocycles. The number of carbonyl (C=O) groups is 1. The number of hydrogen-bond acceptors (Lipinski definition) is 4. The lowest BCUT2D eigenvalue weighted by molar-refractivity contribution is -0.137. The molecule has 6 nitrogen and oxygen atoms in total. The van der Waals surface area contributed by atoms with Gasteiger partial charge in [0.05, 0.1) is 12.2 Å². The van der Waals surface area contributed by atoms with Gasteiger partial charge in [0.1, 0.15) is 12.4 Å². The molecular weight excluding hydrogens is 268 g/mol. The van der Waals surface area contributed by atoms with Crippen LogP contribution in [0.5, 0.6) is 0 Å². The standard InChI is InChI=1S/C15H26N4O2/c1-5-21-11-15(20)19-7-6-18-9-13(16-14(18)10-19)8-17(4)12(2)3/h9,12H,5-8,10-11H2,1-4H3. The molecule has 118 valence electrons. The topological polar surface area (TPSA) is 50.6 Å². The molecule has 0 saturated heterocycles. The van der Waals surface area contributed by atoms with Gasteiger partial charge in [0, 0.05) is 38.5 Å². The molecule has 0 unspecified atom stereocenters. The third-order valence-corrected chi connectivity index (χ3v) is 3.93. The fourth-order valence-electron chi connectivity index (χ4n) is 2.32. The fourth-order valence-corrected chi connectivity index (χ4v) is 2.32. The molecule has 0 aliphatic carbocycles. The van der Waals surface area contributed by atoms with Crippen LogP contribution in [0.4, 0.5) is 0 Å². The fraction of sp³-hybridized carbons (Fsp3) is 0.733. The van der Waals surface area contributed by atoms with Gasteiger partial charge in [-0.15, -0.1) is 0 Å². The highest BCUT2D eigenvalue weighted by molar-refractivity contribution is 5.77. The van der Waals surface area contributed by atoms with E-state index in [9.17, 15) is 4.79 Å². The average molecular weight is 294 g/mol. The number of rotatable bonds is 6. The highest BCUT2D eigenvalue weighted by Gasteiger charge is 2.22. The third-order valence-electron chi connectivity index (χ3n) is 3.93. The quantitative estimate of drug-likeness (QED) is 0.788. The molecule has 0 atom stereocenters. The molecule has 1 aliphatic heterocycles. The molecule has 0 bridgehead atoms. The van der Waals surface area contributed by atoms with Gasteiger partial charge in [-0.2, -0.15) is 0 Å². The molecular formula is C15H26N4O2. The smallest absolute Gasteiger partial charge is 0.249 e. The predicted octanol–water partition coefficient (Wildman–Crippen LogP) is 1.10. The molecule has 0 fully saturated rings. The van der Waals surface area contributed by atoms with Gasteiger partial charge in [-0.05, 0) is 27.8 Å². The van der Waals surface area contributed by atoms with Crippen molar-refractivity contribution in [1.82, 2.24) is 19.4 Å². The molecule has 1 aliphatic rings. The van der Waals surface area contributed by atoms with Crippen LogP contribution in [-0.2, 0) is 29.2 Å². The minimum absolute atomic E-state index is 0.0481. The molecule has 1 amide bonds. The Balaban J connectivity index is 1.98. The van der Waals surface area contributed by atoms with Crippen molar-refractivity contribution in [2.45, 2.75) is 46.4 Å². The van der Waals surface area contributed by atoms with Crippen molar-refractivity contribution in [3.8, 4) is 0 Å². The highest BCUT2D eigenvalue weighted by Crippen LogP contribution is 2.14. The summed E-state index contributed by atoms with van der Waals surface area (Å²) in [5.41, 5.74) is 1.07. The van der Waals surface area contributed by atoms with Crippen LogP contribution in [0, 0.1) is 0 Å². The van der Waals surface area contributed by atoms with Crippen molar-refractivity contribution in [3.05, 3.63) is 17.7 Å². The van der Waals surface area contributed by atoms with Crippen molar-refractivity contribution in [2.24, 2.45) is 0 Å². The van der Waals surface area contributed by atoms with Crippen molar-refractivity contribution in [2.75, 3.05) is 26.8 Å². The third kappa shape index (κ3) is 4.04. The second-order valence-corrected chi connectivity index (χ2v) is 5.80. The van der Waals surface area contributed by atoms with Gasteiger partial charge < -0.3 is 14.2 Å². The number of imidazole rings is 1. The van der Waals surface area contributed by atoms with Crippen LogP contribution < -0.4 is 0 Å². The van der Waals surface area contributed by atoms with Crippen molar-refractivity contribution in [1.29, 1.82) is 0 Å². The zero-order chi connectivity index (χ0) is 15.4. The Kier molecular flexibility index (Phi) is 5.36. The van der Waals surface area contributed by atoms with Crippen molar-refractivity contribution in [3.63, 3.8) is 0 Å². The van der Waals surface area contributed by atoms with E-state index in [4.69, 9.17) is 4.74 Å². The average Bonchev–Trinajstić information content (AvgIpc) is 2.85. The zero-order valence-electron chi connectivity index (χ0n) is 13.5. The number of nitrogens with zero attached hydrogens (tertiary/aromatic N) is 4. The zero-order valence-corrected chi connectivity index (χ0v) is 13.5. The van der Waals surface area contributed by atoms with Crippen molar-refractivity contribution < 1.29 is 9.53 Å². The van der Waals surface area contributed by atoms with Gasteiger partial charge in [-0.3, -0.25) is 9.69 Å². The molecule has 0 spiro atoms. The SMILES string of the molecule is CCOCC(=O)N1CCn2cc(CN(C)C(C)C)nc2C1. The van der Waals surface area contributed by atoms with Crippen molar-refractivity contribution >= 4 is 5.91 Å². The summed E-state index contributed by atoms with van der Waals surface area (Å²) in [7, 11) is 2.10. The molecule has 0 radical (unpaired) electrons. The first-order valence-corrected chi connectivity index (χ1v) is 7.62. The van der Waals surface area contributed by atoms with E-state index in [-0.39, 0.29) is 12.5 Å². The van der Waals surface area contributed by atoms with Gasteiger partial charge in [0.2, 0.25) is 5.91 Å². The highest BCUT2D eigenvalue weighted by atomic mass is 16.5. The van der Waals surface area contributed by atoms with Crippen LogP contribution in [0.25, 0.3) is 0 Å². The summed E-state index contributed by atoms with van der Waals surface area (Å²) in [6, 6.07) is 0.494. The van der Waals surface area contributed by atoms with E-state index < -0.39 is 0 Å². The minimum Gasteiger partial charge on any atom is -0.372 e. The summed E-state index contributed by atoms with van der Waals surface area (Å²) in [5.74, 6) is 1.02. The van der Waals surface area contributed by atoms with E-state index in [1.807, 2.05) is 11.8 Å². The number of carbonyl (C=O) groups excluding carboxylic acids is 1. The van der Waals surface area contributed by atoms with Gasteiger partial charge in [-0.25, -0.2) is 4.98 Å². The van der Waals surface area contributed by atoms with E-state index in [0.29, 0.717) is 19.2 Å². The Hall–Kier alpha value is -1.40. The van der Waals surface area contributed by atoms with E-state index in [1.165, 1.54) is 0 Å². The monoisotopic (exact) mass is 294 g/mol. The molecule has 1 aromatic heterocycles. The molecule has 1 aromatic rings. The molecule has 0 N–H and O–H groups in total. The molecule has 0 saturated carbocycles. The molecule has 2 heterocycles. The summed E-state index contributed by atoms with van der Waals surface area (Å²) in [6.07, 6.45) is 2.11. The van der Waals surface area contributed by atoms with E-state index >= 15 is 0 Å². The van der Waals surface area contributed by atoms with E-state index in [0.717, 1.165) is 31.2 Å². The Labute approximate surface area is 126 Å². The molecule has 6 heteroatoms. The number of aromatic nitrogens is 2. The Morgan fingerprint density at radius 3 is 2.90 bits per heavy atom. The summed E-state index contributed by atoms with van der Waals surface area (Å²) in [4.78, 5) is 20.8. The summed E-state index contributed by atoms with van der Waals surface area (Å²) in [5, 5.41) is 0. The lowest BCUT2D eigenvalue weighted by atomic mass is 10.3. The van der Waals surface area contributed by atoms with E-state index in [2.05, 4.69) is 41.5 Å². The van der Waals surface area contributed by atoms with Crippen LogP contribution in [0.15, 0.2) is 6.20 Å². The lowest BCUT2D eigenvalue weighted by Gasteiger charge is -2.27.